The number of benzene rings is 9. The van der Waals surface area contributed by atoms with Crippen LogP contribution in [0.2, 0.25) is 0 Å². The zero-order valence-corrected chi connectivity index (χ0v) is 34.5. The van der Waals surface area contributed by atoms with Crippen molar-refractivity contribution in [1.29, 1.82) is 0 Å². The third kappa shape index (κ3) is 5.75. The molecule has 0 amide bonds. The molecule has 9 aromatic carbocycles. The highest BCUT2D eigenvalue weighted by molar-refractivity contribution is 6.27. The molecule has 0 unspecified atom stereocenters. The lowest BCUT2D eigenvalue weighted by Gasteiger charge is -2.16. The molecule has 0 spiro atoms. The minimum atomic E-state index is 0.659. The second-order valence-electron chi connectivity index (χ2n) is 16.3. The number of fused-ring (bicyclic) bond motifs is 9. The minimum Gasteiger partial charge on any atom is -0.456 e. The van der Waals surface area contributed by atoms with Gasteiger partial charge in [-0.25, -0.2) is 15.0 Å². The van der Waals surface area contributed by atoms with Gasteiger partial charge in [0.25, 0.3) is 0 Å². The second-order valence-corrected chi connectivity index (χ2v) is 16.3. The Hall–Kier alpha value is -8.67. The molecule has 0 bridgehead atoms. The molecule has 13 rings (SSSR count). The van der Waals surface area contributed by atoms with Crippen LogP contribution < -0.4 is 0 Å². The van der Waals surface area contributed by atoms with Gasteiger partial charge in [0, 0.05) is 71.2 Å². The second kappa shape index (κ2) is 14.5. The maximum Gasteiger partial charge on any atom is 0.160 e. The lowest BCUT2D eigenvalue weighted by Crippen LogP contribution is -1.97. The lowest BCUT2D eigenvalue weighted by molar-refractivity contribution is 0.669. The van der Waals surface area contributed by atoms with Crippen LogP contribution in [-0.4, -0.2) is 19.5 Å². The SMILES string of the molecule is c1ccc(-c2cc(-c3ccc(-n4c5ccccc5c5ccccc54)cc3)nc(-c3ccc(-c4c5c(cc6c(-c7ccccc7)nc7ccccc7c46)oc4ccccc45)cc3)n2)cc1. The van der Waals surface area contributed by atoms with E-state index in [9.17, 15) is 0 Å². The molecule has 0 saturated carbocycles. The molecular formula is C59H36N4O. The van der Waals surface area contributed by atoms with E-state index < -0.39 is 0 Å². The van der Waals surface area contributed by atoms with E-state index in [-0.39, 0.29) is 0 Å². The number of furan rings is 1. The first-order valence-electron chi connectivity index (χ1n) is 21.6. The zero-order valence-electron chi connectivity index (χ0n) is 34.5. The maximum atomic E-state index is 6.65. The molecule has 0 atom stereocenters. The highest BCUT2D eigenvalue weighted by Crippen LogP contribution is 2.46. The molecule has 4 heterocycles. The monoisotopic (exact) mass is 816 g/mol. The molecule has 4 aromatic heterocycles. The molecular weight excluding hydrogens is 781 g/mol. The van der Waals surface area contributed by atoms with E-state index >= 15 is 0 Å². The minimum absolute atomic E-state index is 0.659. The molecule has 64 heavy (non-hydrogen) atoms. The van der Waals surface area contributed by atoms with E-state index in [4.69, 9.17) is 19.4 Å². The number of nitrogens with zero attached hydrogens (tertiary/aromatic N) is 4. The smallest absolute Gasteiger partial charge is 0.160 e. The third-order valence-electron chi connectivity index (χ3n) is 12.6. The van der Waals surface area contributed by atoms with Crippen molar-refractivity contribution in [3.05, 3.63) is 218 Å². The summed E-state index contributed by atoms with van der Waals surface area (Å²) in [7, 11) is 0. The molecule has 0 radical (unpaired) electrons. The topological polar surface area (TPSA) is 56.7 Å². The van der Waals surface area contributed by atoms with Crippen LogP contribution in [0, 0.1) is 0 Å². The molecule has 0 aliphatic rings. The Morgan fingerprint density at radius 2 is 0.875 bits per heavy atom. The molecule has 0 N–H and O–H groups in total. The molecule has 0 fully saturated rings. The van der Waals surface area contributed by atoms with Gasteiger partial charge in [-0.3, -0.25) is 0 Å². The first-order valence-corrected chi connectivity index (χ1v) is 21.6. The van der Waals surface area contributed by atoms with Crippen molar-refractivity contribution in [3.8, 4) is 62.0 Å². The van der Waals surface area contributed by atoms with Crippen LogP contribution in [0.25, 0.3) is 127 Å². The van der Waals surface area contributed by atoms with Crippen molar-refractivity contribution in [2.45, 2.75) is 0 Å². The summed E-state index contributed by atoms with van der Waals surface area (Å²) in [5.74, 6) is 0.659. The summed E-state index contributed by atoms with van der Waals surface area (Å²) in [6.07, 6.45) is 0. The van der Waals surface area contributed by atoms with Crippen LogP contribution in [0.1, 0.15) is 0 Å². The third-order valence-corrected chi connectivity index (χ3v) is 12.6. The highest BCUT2D eigenvalue weighted by atomic mass is 16.3. The first-order chi connectivity index (χ1) is 31.7. The molecule has 5 heteroatoms. The van der Waals surface area contributed by atoms with Gasteiger partial charge in [0.2, 0.25) is 0 Å². The van der Waals surface area contributed by atoms with Crippen molar-refractivity contribution in [3.63, 3.8) is 0 Å². The fraction of sp³-hybridized carbons (Fsp3) is 0. The van der Waals surface area contributed by atoms with Crippen molar-refractivity contribution in [2.75, 3.05) is 0 Å². The lowest BCUT2D eigenvalue weighted by atomic mass is 9.89. The van der Waals surface area contributed by atoms with Crippen LogP contribution in [0.15, 0.2) is 223 Å². The van der Waals surface area contributed by atoms with Crippen molar-refractivity contribution in [1.82, 2.24) is 19.5 Å². The summed E-state index contributed by atoms with van der Waals surface area (Å²) in [4.78, 5) is 15.8. The molecule has 0 saturated heterocycles. The fourth-order valence-corrected chi connectivity index (χ4v) is 9.67. The van der Waals surface area contributed by atoms with Gasteiger partial charge in [0.05, 0.1) is 33.6 Å². The largest absolute Gasteiger partial charge is 0.456 e. The van der Waals surface area contributed by atoms with E-state index in [0.29, 0.717) is 5.82 Å². The Labute approximate surface area is 368 Å². The van der Waals surface area contributed by atoms with E-state index in [1.54, 1.807) is 0 Å². The number of pyridine rings is 1. The van der Waals surface area contributed by atoms with Gasteiger partial charge in [-0.05, 0) is 54.1 Å². The van der Waals surface area contributed by atoms with Crippen LogP contribution in [0.5, 0.6) is 0 Å². The Bertz CT molecular complexity index is 3870. The zero-order chi connectivity index (χ0) is 42.1. The molecule has 0 aliphatic heterocycles. The summed E-state index contributed by atoms with van der Waals surface area (Å²) in [5, 5.41) is 7.93. The standard InChI is InChI=1S/C59H36N4O/c1-3-15-37(16-4-1)49-36-50(38-31-33-42(34-32-38)63-51-24-12-8-19-43(51)44-20-9-13-25-52(44)63)62-59(61-49)41-29-27-39(28-30-41)55-56-45-21-7-11-23-48(45)60-58(40-17-5-2-6-18-40)47(56)35-54-57(55)46-22-10-14-26-53(46)64-54/h1-36H. The van der Waals surface area contributed by atoms with Gasteiger partial charge in [0.1, 0.15) is 11.2 Å². The molecule has 298 valence electrons. The predicted molar refractivity (Wildman–Crippen MR) is 264 cm³/mol. The highest BCUT2D eigenvalue weighted by Gasteiger charge is 2.22. The van der Waals surface area contributed by atoms with E-state index in [0.717, 1.165) is 99.8 Å². The predicted octanol–water partition coefficient (Wildman–Crippen LogP) is 15.5. The average molecular weight is 817 g/mol. The van der Waals surface area contributed by atoms with Gasteiger partial charge in [-0.15, -0.1) is 0 Å². The quantitative estimate of drug-likeness (QED) is 0.157. The van der Waals surface area contributed by atoms with E-state index in [1.165, 1.54) is 21.8 Å². The van der Waals surface area contributed by atoms with Gasteiger partial charge < -0.3 is 8.98 Å². The summed E-state index contributed by atoms with van der Waals surface area (Å²) in [6, 6.07) is 76.6. The van der Waals surface area contributed by atoms with Crippen LogP contribution in [-0.2, 0) is 0 Å². The van der Waals surface area contributed by atoms with Crippen molar-refractivity contribution in [2.24, 2.45) is 0 Å². The Balaban J connectivity index is 0.978. The Kier molecular flexibility index (Phi) is 8.15. The maximum absolute atomic E-state index is 6.65. The number of hydrogen-bond donors (Lipinski definition) is 0. The van der Waals surface area contributed by atoms with Gasteiger partial charge in [0.15, 0.2) is 5.82 Å². The summed E-state index contributed by atoms with van der Waals surface area (Å²) in [6.45, 7) is 0. The summed E-state index contributed by atoms with van der Waals surface area (Å²) >= 11 is 0. The van der Waals surface area contributed by atoms with Gasteiger partial charge >= 0.3 is 0 Å². The summed E-state index contributed by atoms with van der Waals surface area (Å²) < 4.78 is 8.99. The van der Waals surface area contributed by atoms with E-state index in [2.05, 4.69) is 199 Å². The van der Waals surface area contributed by atoms with Gasteiger partial charge in [-0.1, -0.05) is 170 Å². The Morgan fingerprint density at radius 1 is 0.344 bits per heavy atom. The first kappa shape index (κ1) is 36.0. The van der Waals surface area contributed by atoms with Crippen LogP contribution in [0.3, 0.4) is 0 Å². The summed E-state index contributed by atoms with van der Waals surface area (Å²) in [5.41, 5.74) is 15.0. The average Bonchev–Trinajstić information content (AvgIpc) is 3.92. The number of hydrogen-bond acceptors (Lipinski definition) is 4. The van der Waals surface area contributed by atoms with Crippen LogP contribution >= 0.6 is 0 Å². The Morgan fingerprint density at radius 3 is 1.56 bits per heavy atom. The van der Waals surface area contributed by atoms with Crippen molar-refractivity contribution < 1.29 is 4.42 Å². The fourth-order valence-electron chi connectivity index (χ4n) is 9.67. The van der Waals surface area contributed by atoms with Crippen LogP contribution in [0.4, 0.5) is 0 Å². The van der Waals surface area contributed by atoms with E-state index in [1.807, 2.05) is 24.3 Å². The number of rotatable bonds is 6. The van der Waals surface area contributed by atoms with Crippen molar-refractivity contribution >= 4 is 65.4 Å². The molecule has 13 aromatic rings. The normalized spacial score (nSPS) is 11.8. The van der Waals surface area contributed by atoms with Gasteiger partial charge in [-0.2, -0.15) is 0 Å². The molecule has 5 nitrogen and oxygen atoms in total. The number of para-hydroxylation sites is 4. The molecule has 0 aliphatic carbocycles. The number of aromatic nitrogens is 4.